The lowest BCUT2D eigenvalue weighted by atomic mass is 9.96. The highest BCUT2D eigenvalue weighted by atomic mass is 127. The van der Waals surface area contributed by atoms with Crippen LogP contribution in [0.2, 0.25) is 0 Å². The monoisotopic (exact) mass is 534 g/mol. The fourth-order valence-electron chi connectivity index (χ4n) is 3.91. The highest BCUT2D eigenvalue weighted by Gasteiger charge is 2.22. The lowest BCUT2D eigenvalue weighted by Crippen LogP contribution is -2.29. The largest absolute Gasteiger partial charge is 0.327 e. The molecule has 0 amide bonds. The number of nitrogens with one attached hydrogen (secondary N) is 2. The first-order valence-electron chi connectivity index (χ1n) is 10.00. The first-order chi connectivity index (χ1) is 14.6. The highest BCUT2D eigenvalue weighted by molar-refractivity contribution is 14.1. The van der Waals surface area contributed by atoms with Gasteiger partial charge in [-0.2, -0.15) is 9.47 Å². The molecule has 1 fully saturated rings. The maximum absolute atomic E-state index is 5.04. The molecule has 8 nitrogen and oxygen atoms in total. The van der Waals surface area contributed by atoms with E-state index in [1.165, 1.54) is 23.5 Å². The Hall–Kier alpha value is -2.05. The number of hydrogen-bond donors (Lipinski definition) is 2. The van der Waals surface area contributed by atoms with Crippen molar-refractivity contribution in [2.45, 2.75) is 30.1 Å². The van der Waals surface area contributed by atoms with Crippen molar-refractivity contribution < 1.29 is 0 Å². The Morgan fingerprint density at radius 2 is 2.23 bits per heavy atom. The van der Waals surface area contributed by atoms with Crippen LogP contribution in [0.4, 0.5) is 10.8 Å². The highest BCUT2D eigenvalue weighted by Crippen LogP contribution is 2.33. The zero-order valence-electron chi connectivity index (χ0n) is 16.9. The number of alkyl halides is 1. The minimum absolute atomic E-state index is 0.389. The maximum atomic E-state index is 5.04. The molecule has 1 aliphatic heterocycles. The number of halogens is 1. The van der Waals surface area contributed by atoms with Gasteiger partial charge in [0.05, 0.1) is 29.5 Å². The van der Waals surface area contributed by atoms with Gasteiger partial charge in [0.25, 0.3) is 0 Å². The van der Waals surface area contributed by atoms with E-state index in [2.05, 4.69) is 60.2 Å². The van der Waals surface area contributed by atoms with Crippen LogP contribution in [0, 0.1) is 6.92 Å². The molecular weight excluding hydrogens is 511 g/mol. The topological polar surface area (TPSA) is 85.0 Å². The number of rotatable bonds is 5. The maximum Gasteiger partial charge on any atom is 0.180 e. The fourth-order valence-corrected chi connectivity index (χ4v) is 5.91. The van der Waals surface area contributed by atoms with Gasteiger partial charge in [0.2, 0.25) is 0 Å². The summed E-state index contributed by atoms with van der Waals surface area (Å²) in [7, 11) is 1.93. The van der Waals surface area contributed by atoms with E-state index in [-0.39, 0.29) is 0 Å². The van der Waals surface area contributed by atoms with Gasteiger partial charge in [-0.3, -0.25) is 9.08 Å². The van der Waals surface area contributed by atoms with Crippen molar-refractivity contribution in [3.63, 3.8) is 0 Å². The molecule has 10 heteroatoms. The van der Waals surface area contributed by atoms with Crippen molar-refractivity contribution in [1.82, 2.24) is 33.8 Å². The summed E-state index contributed by atoms with van der Waals surface area (Å²) in [6.45, 7) is 4.08. The van der Waals surface area contributed by atoms with Crippen molar-refractivity contribution in [2.75, 3.05) is 18.4 Å². The molecule has 0 aromatic carbocycles. The van der Waals surface area contributed by atoms with E-state index in [1.54, 1.807) is 0 Å². The summed E-state index contributed by atoms with van der Waals surface area (Å²) < 4.78 is 9.39. The molecular formula is C20H23IN8S. The molecule has 5 rings (SSSR count). The van der Waals surface area contributed by atoms with E-state index in [0.29, 0.717) is 5.92 Å². The number of anilines is 2. The van der Waals surface area contributed by atoms with Gasteiger partial charge in [0, 0.05) is 47.5 Å². The molecule has 1 atom stereocenters. The molecule has 0 spiro atoms. The SMILES string of the molecule is Cc1nsc(Nc2nc(C3CCCNC3)cn3c(-c4cnn(C)c4)cnc23)c1CI. The Bertz CT molecular complexity index is 1190. The van der Waals surface area contributed by atoms with E-state index in [1.807, 2.05) is 30.3 Å². The van der Waals surface area contributed by atoms with Crippen LogP contribution in [-0.2, 0) is 11.5 Å². The Morgan fingerprint density at radius 3 is 2.97 bits per heavy atom. The zero-order valence-corrected chi connectivity index (χ0v) is 19.9. The average Bonchev–Trinajstić information content (AvgIpc) is 3.47. The van der Waals surface area contributed by atoms with E-state index < -0.39 is 0 Å². The summed E-state index contributed by atoms with van der Waals surface area (Å²) in [4.78, 5) is 9.75. The van der Waals surface area contributed by atoms with Crippen molar-refractivity contribution in [1.29, 1.82) is 0 Å². The molecule has 0 saturated carbocycles. The van der Waals surface area contributed by atoms with Crippen LogP contribution in [0.15, 0.2) is 24.8 Å². The standard InChI is InChI=1S/C20H23IN8S/c1-12-15(6-21)20(30-27-12)26-18-19-23-9-17(14-8-24-28(2)10-14)29(19)11-16(25-18)13-4-3-5-22-7-13/h8-11,13,22H,3-7H2,1-2H3,(H,25,26). The van der Waals surface area contributed by atoms with E-state index in [0.717, 1.165) is 63.0 Å². The fraction of sp³-hybridized carbons (Fsp3) is 0.400. The third kappa shape index (κ3) is 3.60. The van der Waals surface area contributed by atoms with Gasteiger partial charge in [0.1, 0.15) is 5.00 Å². The van der Waals surface area contributed by atoms with Gasteiger partial charge >= 0.3 is 0 Å². The van der Waals surface area contributed by atoms with Gasteiger partial charge in [0.15, 0.2) is 11.5 Å². The van der Waals surface area contributed by atoms with Crippen LogP contribution in [0.5, 0.6) is 0 Å². The van der Waals surface area contributed by atoms with Crippen LogP contribution in [0.3, 0.4) is 0 Å². The molecule has 30 heavy (non-hydrogen) atoms. The lowest BCUT2D eigenvalue weighted by Gasteiger charge is -2.23. The molecule has 4 aromatic rings. The Labute approximate surface area is 192 Å². The predicted octanol–water partition coefficient (Wildman–Crippen LogP) is 4.04. The van der Waals surface area contributed by atoms with Crippen LogP contribution in [0.25, 0.3) is 16.9 Å². The molecule has 5 heterocycles. The van der Waals surface area contributed by atoms with Gasteiger partial charge < -0.3 is 10.6 Å². The lowest BCUT2D eigenvalue weighted by molar-refractivity contribution is 0.454. The zero-order chi connectivity index (χ0) is 20.7. The summed E-state index contributed by atoms with van der Waals surface area (Å²) in [5, 5.41) is 12.4. The van der Waals surface area contributed by atoms with Crippen LogP contribution < -0.4 is 10.6 Å². The van der Waals surface area contributed by atoms with Crippen molar-refractivity contribution in [3.05, 3.63) is 41.7 Å². The Balaban J connectivity index is 1.65. The number of hydrogen-bond acceptors (Lipinski definition) is 7. The van der Waals surface area contributed by atoms with Gasteiger partial charge in [-0.05, 0) is 37.8 Å². The second-order valence-corrected chi connectivity index (χ2v) is 9.17. The van der Waals surface area contributed by atoms with Crippen molar-refractivity contribution >= 4 is 50.6 Å². The van der Waals surface area contributed by atoms with E-state index >= 15 is 0 Å². The number of aryl methyl sites for hydroxylation is 2. The van der Waals surface area contributed by atoms with Gasteiger partial charge in [-0.1, -0.05) is 22.6 Å². The number of piperidine rings is 1. The molecule has 0 radical (unpaired) electrons. The van der Waals surface area contributed by atoms with E-state index in [9.17, 15) is 0 Å². The number of aromatic nitrogens is 6. The molecule has 1 unspecified atom stereocenters. The Kier molecular flexibility index (Phi) is 5.46. The summed E-state index contributed by atoms with van der Waals surface area (Å²) in [6, 6.07) is 0. The molecule has 2 N–H and O–H groups in total. The minimum Gasteiger partial charge on any atom is -0.327 e. The summed E-state index contributed by atoms with van der Waals surface area (Å²) >= 11 is 3.87. The molecule has 1 aliphatic rings. The third-order valence-corrected chi connectivity index (χ3v) is 7.24. The molecule has 156 valence electrons. The van der Waals surface area contributed by atoms with Crippen molar-refractivity contribution in [3.8, 4) is 11.3 Å². The number of nitrogens with zero attached hydrogens (tertiary/aromatic N) is 6. The summed E-state index contributed by atoms with van der Waals surface area (Å²) in [5.74, 6) is 1.17. The normalized spacial score (nSPS) is 17.0. The molecule has 0 bridgehead atoms. The minimum atomic E-state index is 0.389. The summed E-state index contributed by atoms with van der Waals surface area (Å²) in [5.41, 5.74) is 6.24. The van der Waals surface area contributed by atoms with E-state index in [4.69, 9.17) is 9.97 Å². The van der Waals surface area contributed by atoms with Crippen LogP contribution in [0.1, 0.15) is 35.7 Å². The number of fused-ring (bicyclic) bond motifs is 1. The molecule has 4 aromatic heterocycles. The third-order valence-electron chi connectivity index (χ3n) is 5.58. The quantitative estimate of drug-likeness (QED) is 0.297. The first kappa shape index (κ1) is 19.9. The van der Waals surface area contributed by atoms with Crippen molar-refractivity contribution in [2.24, 2.45) is 7.05 Å². The predicted molar refractivity (Wildman–Crippen MR) is 128 cm³/mol. The summed E-state index contributed by atoms with van der Waals surface area (Å²) in [6.07, 6.45) is 10.2. The van der Waals surface area contributed by atoms with Crippen LogP contribution >= 0.6 is 34.1 Å². The number of imidazole rings is 1. The first-order valence-corrected chi connectivity index (χ1v) is 12.3. The second kappa shape index (κ2) is 8.23. The smallest absolute Gasteiger partial charge is 0.180 e. The molecule has 1 saturated heterocycles. The van der Waals surface area contributed by atoms with Gasteiger partial charge in [-0.15, -0.1) is 0 Å². The van der Waals surface area contributed by atoms with Gasteiger partial charge in [-0.25, -0.2) is 9.97 Å². The average molecular weight is 534 g/mol. The van der Waals surface area contributed by atoms with Crippen LogP contribution in [-0.4, -0.2) is 41.6 Å². The molecule has 0 aliphatic carbocycles. The second-order valence-electron chi connectivity index (χ2n) is 7.63. The Morgan fingerprint density at radius 1 is 1.33 bits per heavy atom.